The van der Waals surface area contributed by atoms with Gasteiger partial charge >= 0.3 is 6.18 Å². The number of carbonyl (C=O) groups is 1. The maximum absolute atomic E-state index is 13.7. The van der Waals surface area contributed by atoms with Gasteiger partial charge < -0.3 is 15.0 Å². The molecular weight excluding hydrogens is 533 g/mol. The molecule has 0 bridgehead atoms. The molecule has 0 aliphatic rings. The van der Waals surface area contributed by atoms with Gasteiger partial charge in [-0.05, 0) is 55.7 Å². The molecule has 1 N–H and O–H groups in total. The molecule has 2 aromatic heterocycles. The lowest BCUT2D eigenvalue weighted by atomic mass is 9.98. The number of likely N-dealkylation sites (N-methyl/N-ethyl adjacent to an activating group) is 1. The molecule has 2 heterocycles. The molecule has 4 aromatic rings. The fraction of sp³-hybridized carbons (Fsp3) is 0.333. The second kappa shape index (κ2) is 12.5. The first-order chi connectivity index (χ1) is 19.5. The van der Waals surface area contributed by atoms with Gasteiger partial charge in [0.2, 0.25) is 0 Å². The van der Waals surface area contributed by atoms with E-state index in [2.05, 4.69) is 20.4 Å². The summed E-state index contributed by atoms with van der Waals surface area (Å²) in [4.78, 5) is 23.5. The summed E-state index contributed by atoms with van der Waals surface area (Å²) in [6, 6.07) is 12.7. The van der Waals surface area contributed by atoms with Crippen molar-refractivity contribution < 1.29 is 22.7 Å². The van der Waals surface area contributed by atoms with E-state index in [0.29, 0.717) is 36.0 Å². The van der Waals surface area contributed by atoms with Crippen molar-refractivity contribution in [3.05, 3.63) is 88.5 Å². The second-order valence-corrected chi connectivity index (χ2v) is 9.86. The minimum Gasteiger partial charge on any atom is -0.383 e. The Morgan fingerprint density at radius 1 is 1.07 bits per heavy atom. The summed E-state index contributed by atoms with van der Waals surface area (Å²) in [6.07, 6.45) is -2.40. The van der Waals surface area contributed by atoms with Crippen molar-refractivity contribution in [2.45, 2.75) is 39.8 Å². The number of alkyl halides is 3. The Labute approximate surface area is 237 Å². The maximum Gasteiger partial charge on any atom is 0.416 e. The van der Waals surface area contributed by atoms with Gasteiger partial charge in [0.25, 0.3) is 0 Å². The Hall–Kier alpha value is -4.25. The van der Waals surface area contributed by atoms with Crippen LogP contribution in [0.4, 0.5) is 30.4 Å². The van der Waals surface area contributed by atoms with Gasteiger partial charge in [0, 0.05) is 61.9 Å². The number of Topliss-reactive ketones (excluding diaryl/α,β-unsaturated/α-hetero) is 1. The Kier molecular flexibility index (Phi) is 9.07. The zero-order valence-corrected chi connectivity index (χ0v) is 23.7. The van der Waals surface area contributed by atoms with Crippen LogP contribution in [0.5, 0.6) is 0 Å². The fourth-order valence-corrected chi connectivity index (χ4v) is 4.31. The van der Waals surface area contributed by atoms with Crippen LogP contribution in [-0.4, -0.2) is 52.8 Å². The predicted molar refractivity (Wildman–Crippen MR) is 152 cm³/mol. The number of aromatic nitrogens is 4. The van der Waals surface area contributed by atoms with Gasteiger partial charge in [0.15, 0.2) is 11.6 Å². The van der Waals surface area contributed by atoms with Gasteiger partial charge in [-0.1, -0.05) is 19.1 Å². The van der Waals surface area contributed by atoms with Crippen molar-refractivity contribution in [2.75, 3.05) is 37.5 Å². The summed E-state index contributed by atoms with van der Waals surface area (Å²) in [5.41, 5.74) is 3.41. The zero-order valence-electron chi connectivity index (χ0n) is 23.7. The molecule has 41 heavy (non-hydrogen) atoms. The highest BCUT2D eigenvalue weighted by molar-refractivity contribution is 5.98. The zero-order chi connectivity index (χ0) is 29.7. The third-order valence-corrected chi connectivity index (χ3v) is 6.69. The largest absolute Gasteiger partial charge is 0.416 e. The number of halogens is 3. The van der Waals surface area contributed by atoms with Gasteiger partial charge in [-0.15, -0.1) is 0 Å². The summed E-state index contributed by atoms with van der Waals surface area (Å²) >= 11 is 0. The highest BCUT2D eigenvalue weighted by Crippen LogP contribution is 2.33. The highest BCUT2D eigenvalue weighted by Gasteiger charge is 2.32. The van der Waals surface area contributed by atoms with Crippen LogP contribution in [0.2, 0.25) is 0 Å². The van der Waals surface area contributed by atoms with Gasteiger partial charge in [0.1, 0.15) is 12.1 Å². The number of carbonyl (C=O) groups excluding carboxylic acids is 1. The summed E-state index contributed by atoms with van der Waals surface area (Å²) in [6.45, 7) is 6.53. The molecule has 0 radical (unpaired) electrons. The number of nitrogens with zero attached hydrogens (tertiary/aromatic N) is 5. The molecule has 0 aliphatic carbocycles. The first kappa shape index (κ1) is 29.7. The number of nitrogens with one attached hydrogen (secondary N) is 1. The Morgan fingerprint density at radius 2 is 1.85 bits per heavy atom. The van der Waals surface area contributed by atoms with Crippen LogP contribution in [0.15, 0.2) is 54.9 Å². The van der Waals surface area contributed by atoms with E-state index in [9.17, 15) is 18.0 Å². The Morgan fingerprint density at radius 3 is 2.56 bits per heavy atom. The van der Waals surface area contributed by atoms with E-state index in [1.54, 1.807) is 22.7 Å². The van der Waals surface area contributed by atoms with E-state index in [4.69, 9.17) is 4.74 Å². The lowest BCUT2D eigenvalue weighted by Gasteiger charge is -2.21. The van der Waals surface area contributed by atoms with Crippen LogP contribution < -0.4 is 10.2 Å². The lowest BCUT2D eigenvalue weighted by molar-refractivity contribution is -0.137. The third kappa shape index (κ3) is 7.29. The van der Waals surface area contributed by atoms with Crippen LogP contribution >= 0.6 is 0 Å². The first-order valence-electron chi connectivity index (χ1n) is 13.2. The van der Waals surface area contributed by atoms with Gasteiger partial charge in [-0.2, -0.15) is 23.0 Å². The summed E-state index contributed by atoms with van der Waals surface area (Å²) in [7, 11) is 3.18. The molecule has 0 saturated carbocycles. The summed E-state index contributed by atoms with van der Waals surface area (Å²) in [5.74, 6) is 0.880. The molecule has 0 amide bonds. The lowest BCUT2D eigenvalue weighted by Crippen LogP contribution is -2.23. The maximum atomic E-state index is 13.7. The van der Waals surface area contributed by atoms with Crippen molar-refractivity contribution in [1.82, 2.24) is 19.7 Å². The van der Waals surface area contributed by atoms with Gasteiger partial charge in [-0.3, -0.25) is 4.79 Å². The number of methoxy groups -OCH3 is 1. The smallest absolute Gasteiger partial charge is 0.383 e. The number of aryl methyl sites for hydroxylation is 3. The topological polar surface area (TPSA) is 85.2 Å². The van der Waals surface area contributed by atoms with Crippen molar-refractivity contribution >= 4 is 23.0 Å². The Balaban J connectivity index is 1.61. The minimum atomic E-state index is -4.59. The van der Waals surface area contributed by atoms with Crippen LogP contribution in [0.25, 0.3) is 5.82 Å². The minimum absolute atomic E-state index is 0.00151. The molecule has 0 saturated heterocycles. The molecule has 216 valence electrons. The van der Waals surface area contributed by atoms with E-state index in [1.807, 2.05) is 45.0 Å². The molecule has 0 unspecified atom stereocenters. The standard InChI is InChI=1S/C30H33F3N6O2/c1-6-24-17-28(35-18-34-24)39-29(11-20(3)37-39)36-26-12-21(8-7-19(26)2)13-27(40)22-14-23(30(31,32)33)16-25(15-22)38(4)9-10-41-5/h7-8,11-12,14-18,36H,6,9-10,13H2,1-5H3. The second-order valence-electron chi connectivity index (χ2n) is 9.86. The van der Waals surface area contributed by atoms with E-state index in [1.165, 1.54) is 19.5 Å². The van der Waals surface area contributed by atoms with E-state index in [-0.39, 0.29) is 12.0 Å². The van der Waals surface area contributed by atoms with Crippen LogP contribution in [0, 0.1) is 13.8 Å². The van der Waals surface area contributed by atoms with Crippen LogP contribution in [0.1, 0.15) is 45.4 Å². The number of hydrogen-bond donors (Lipinski definition) is 1. The molecule has 4 rings (SSSR count). The first-order valence-corrected chi connectivity index (χ1v) is 13.2. The van der Waals surface area contributed by atoms with Crippen molar-refractivity contribution in [1.29, 1.82) is 0 Å². The number of rotatable bonds is 11. The monoisotopic (exact) mass is 566 g/mol. The van der Waals surface area contributed by atoms with E-state index in [0.717, 1.165) is 41.2 Å². The summed E-state index contributed by atoms with van der Waals surface area (Å²) < 4.78 is 47.8. The molecule has 11 heteroatoms. The molecule has 2 aromatic carbocycles. The molecule has 0 atom stereocenters. The molecule has 8 nitrogen and oxygen atoms in total. The average Bonchev–Trinajstić information content (AvgIpc) is 3.32. The quantitative estimate of drug-likeness (QED) is 0.219. The van der Waals surface area contributed by atoms with Crippen molar-refractivity contribution in [3.8, 4) is 5.82 Å². The van der Waals surface area contributed by atoms with Gasteiger partial charge in [-0.25, -0.2) is 9.97 Å². The average molecular weight is 567 g/mol. The Bertz CT molecular complexity index is 1530. The van der Waals surface area contributed by atoms with E-state index < -0.39 is 17.5 Å². The number of hydrogen-bond acceptors (Lipinski definition) is 7. The summed E-state index contributed by atoms with van der Waals surface area (Å²) in [5, 5.41) is 7.95. The number of ketones is 1. The molecule has 0 aliphatic heterocycles. The molecule has 0 fully saturated rings. The highest BCUT2D eigenvalue weighted by atomic mass is 19.4. The molecule has 0 spiro atoms. The van der Waals surface area contributed by atoms with Crippen LogP contribution in [0.3, 0.4) is 0 Å². The number of anilines is 3. The third-order valence-electron chi connectivity index (χ3n) is 6.69. The number of benzene rings is 2. The van der Waals surface area contributed by atoms with E-state index >= 15 is 0 Å². The fourth-order valence-electron chi connectivity index (χ4n) is 4.31. The van der Waals surface area contributed by atoms with Crippen molar-refractivity contribution in [2.24, 2.45) is 0 Å². The normalized spacial score (nSPS) is 11.5. The molecular formula is C30H33F3N6O2. The van der Waals surface area contributed by atoms with Crippen LogP contribution in [-0.2, 0) is 23.8 Å². The van der Waals surface area contributed by atoms with Gasteiger partial charge in [0.05, 0.1) is 17.9 Å². The number of ether oxygens (including phenoxy) is 1. The SMILES string of the molecule is CCc1cc(-n2nc(C)cc2Nc2cc(CC(=O)c3cc(N(C)CCOC)cc(C(F)(F)F)c3)ccc2C)ncn1. The van der Waals surface area contributed by atoms with Crippen molar-refractivity contribution in [3.63, 3.8) is 0 Å². The predicted octanol–water partition coefficient (Wildman–Crippen LogP) is 6.11.